The number of benzene rings is 1. The van der Waals surface area contributed by atoms with Crippen LogP contribution >= 0.6 is 0 Å². The number of hydrogen-bond donors (Lipinski definition) is 2. The van der Waals surface area contributed by atoms with Gasteiger partial charge in [0.2, 0.25) is 0 Å². The van der Waals surface area contributed by atoms with E-state index in [1.165, 1.54) is 6.07 Å². The van der Waals surface area contributed by atoms with E-state index in [2.05, 4.69) is 0 Å². The molecule has 0 heterocycles. The van der Waals surface area contributed by atoms with Crippen molar-refractivity contribution in [1.82, 2.24) is 0 Å². The average molecular weight is 284 g/mol. The minimum atomic E-state index is -0.436. The third-order valence-corrected chi connectivity index (χ3v) is 3.01. The Morgan fingerprint density at radius 3 is 2.60 bits per heavy atom. The number of nitrogens with zero attached hydrogens (tertiary/aromatic N) is 1. The highest BCUT2D eigenvalue weighted by Crippen LogP contribution is 2.31. The second kappa shape index (κ2) is 7.94. The Balaban J connectivity index is 2.77. The van der Waals surface area contributed by atoms with Gasteiger partial charge in [-0.1, -0.05) is 0 Å². The van der Waals surface area contributed by atoms with Crippen molar-refractivity contribution in [1.29, 1.82) is 0 Å². The molecule has 1 aromatic rings. The van der Waals surface area contributed by atoms with Gasteiger partial charge in [-0.2, -0.15) is 0 Å². The smallest absolute Gasteiger partial charge is 0.167 e. The molecule has 0 bridgehead atoms. The van der Waals surface area contributed by atoms with Crippen LogP contribution in [0, 0.1) is 5.82 Å². The zero-order valence-corrected chi connectivity index (χ0v) is 12.5. The van der Waals surface area contributed by atoms with Crippen molar-refractivity contribution in [3.05, 3.63) is 17.9 Å². The van der Waals surface area contributed by atoms with E-state index in [-0.39, 0.29) is 18.5 Å². The van der Waals surface area contributed by atoms with Gasteiger partial charge in [0, 0.05) is 32.3 Å². The van der Waals surface area contributed by atoms with Crippen molar-refractivity contribution in [3.8, 4) is 5.75 Å². The largest absolute Gasteiger partial charge is 0.488 e. The first kappa shape index (κ1) is 16.6. The van der Waals surface area contributed by atoms with E-state index in [0.717, 1.165) is 31.5 Å². The van der Waals surface area contributed by atoms with Crippen LogP contribution in [-0.2, 0) is 0 Å². The van der Waals surface area contributed by atoms with E-state index in [1.807, 2.05) is 25.8 Å². The van der Waals surface area contributed by atoms with Gasteiger partial charge in [0.25, 0.3) is 0 Å². The molecule has 114 valence electrons. The molecule has 0 atom stereocenters. The Hall–Kier alpha value is -1.49. The third kappa shape index (κ3) is 4.89. The van der Waals surface area contributed by atoms with Gasteiger partial charge < -0.3 is 20.5 Å². The first-order chi connectivity index (χ1) is 9.45. The molecular weight excluding hydrogens is 259 g/mol. The summed E-state index contributed by atoms with van der Waals surface area (Å²) in [4.78, 5) is 1.99. The predicted octanol–water partition coefficient (Wildman–Crippen LogP) is 2.79. The SMILES string of the molecule is CC(C)Oc1cc(N(C)CCCCCO)c(N)cc1F. The summed E-state index contributed by atoms with van der Waals surface area (Å²) >= 11 is 0. The number of halogens is 1. The summed E-state index contributed by atoms with van der Waals surface area (Å²) in [5.74, 6) is -0.208. The first-order valence-electron chi connectivity index (χ1n) is 7.03. The maximum atomic E-state index is 13.8. The second-order valence-corrected chi connectivity index (χ2v) is 5.21. The minimum absolute atomic E-state index is 0.0872. The molecule has 0 spiro atoms. The fourth-order valence-electron chi connectivity index (χ4n) is 1.99. The van der Waals surface area contributed by atoms with Crippen molar-refractivity contribution in [3.63, 3.8) is 0 Å². The highest BCUT2D eigenvalue weighted by atomic mass is 19.1. The zero-order chi connectivity index (χ0) is 15.1. The molecule has 4 nitrogen and oxygen atoms in total. The van der Waals surface area contributed by atoms with Crippen molar-refractivity contribution < 1.29 is 14.2 Å². The molecule has 1 aromatic carbocycles. The Morgan fingerprint density at radius 2 is 2.00 bits per heavy atom. The fourth-order valence-corrected chi connectivity index (χ4v) is 1.99. The van der Waals surface area contributed by atoms with Crippen LogP contribution in [0.4, 0.5) is 15.8 Å². The quantitative estimate of drug-likeness (QED) is 0.569. The fraction of sp³-hybridized carbons (Fsp3) is 0.600. The molecule has 0 saturated heterocycles. The van der Waals surface area contributed by atoms with Crippen molar-refractivity contribution >= 4 is 11.4 Å². The molecule has 0 radical (unpaired) electrons. The molecule has 0 saturated carbocycles. The van der Waals surface area contributed by atoms with Gasteiger partial charge >= 0.3 is 0 Å². The molecule has 0 aromatic heterocycles. The Labute approximate surface area is 120 Å². The summed E-state index contributed by atoms with van der Waals surface area (Å²) in [7, 11) is 1.92. The zero-order valence-electron chi connectivity index (χ0n) is 12.5. The number of unbranched alkanes of at least 4 members (excludes halogenated alkanes) is 2. The van der Waals surface area contributed by atoms with E-state index in [4.69, 9.17) is 15.6 Å². The number of hydrogen-bond acceptors (Lipinski definition) is 4. The molecule has 5 heteroatoms. The standard InChI is InChI=1S/C15H25FN2O2/c1-11(2)20-15-10-14(13(17)9-12(15)16)18(3)7-5-4-6-8-19/h9-11,19H,4-8,17H2,1-3H3. The Bertz CT molecular complexity index is 425. The van der Waals surface area contributed by atoms with E-state index in [1.54, 1.807) is 6.07 Å². The lowest BCUT2D eigenvalue weighted by molar-refractivity contribution is 0.231. The lowest BCUT2D eigenvalue weighted by atomic mass is 10.2. The normalized spacial score (nSPS) is 10.9. The van der Waals surface area contributed by atoms with E-state index >= 15 is 0 Å². The topological polar surface area (TPSA) is 58.7 Å². The van der Waals surface area contributed by atoms with Crippen LogP contribution in [-0.4, -0.2) is 31.4 Å². The van der Waals surface area contributed by atoms with Crippen molar-refractivity contribution in [2.75, 3.05) is 30.8 Å². The maximum absolute atomic E-state index is 13.8. The van der Waals surface area contributed by atoms with Gasteiger partial charge in [0.1, 0.15) is 0 Å². The number of nitrogens with two attached hydrogens (primary N) is 1. The predicted molar refractivity (Wildman–Crippen MR) is 80.8 cm³/mol. The Morgan fingerprint density at radius 1 is 1.30 bits per heavy atom. The van der Waals surface area contributed by atoms with Gasteiger partial charge in [0.15, 0.2) is 11.6 Å². The molecule has 0 unspecified atom stereocenters. The minimum Gasteiger partial charge on any atom is -0.488 e. The summed E-state index contributed by atoms with van der Waals surface area (Å²) in [5, 5.41) is 8.75. The van der Waals surface area contributed by atoms with Gasteiger partial charge in [-0.15, -0.1) is 0 Å². The number of nitrogen functional groups attached to an aromatic ring is 1. The average Bonchev–Trinajstić information content (AvgIpc) is 2.37. The van der Waals surface area contributed by atoms with Gasteiger partial charge in [0.05, 0.1) is 17.5 Å². The van der Waals surface area contributed by atoms with Crippen molar-refractivity contribution in [2.24, 2.45) is 0 Å². The molecule has 0 aliphatic rings. The molecule has 0 aliphatic carbocycles. The lowest BCUT2D eigenvalue weighted by Gasteiger charge is -2.22. The number of anilines is 2. The summed E-state index contributed by atoms with van der Waals surface area (Å²) in [6, 6.07) is 2.95. The van der Waals surface area contributed by atoms with E-state index < -0.39 is 5.82 Å². The van der Waals surface area contributed by atoms with Crippen LogP contribution < -0.4 is 15.4 Å². The van der Waals surface area contributed by atoms with Crippen LogP contribution in [0.15, 0.2) is 12.1 Å². The summed E-state index contributed by atoms with van der Waals surface area (Å²) in [5.41, 5.74) is 7.05. The Kier molecular flexibility index (Phi) is 6.58. The molecule has 0 aliphatic heterocycles. The second-order valence-electron chi connectivity index (χ2n) is 5.21. The monoisotopic (exact) mass is 284 g/mol. The van der Waals surface area contributed by atoms with Gasteiger partial charge in [-0.25, -0.2) is 4.39 Å². The number of rotatable bonds is 8. The number of aliphatic hydroxyl groups excluding tert-OH is 1. The van der Waals surface area contributed by atoms with Crippen LogP contribution in [0.2, 0.25) is 0 Å². The first-order valence-corrected chi connectivity index (χ1v) is 7.03. The summed E-state index contributed by atoms with van der Waals surface area (Å²) in [6.45, 7) is 4.73. The molecule has 1 rings (SSSR count). The highest BCUT2D eigenvalue weighted by Gasteiger charge is 2.13. The number of aliphatic hydroxyl groups is 1. The summed E-state index contributed by atoms with van der Waals surface area (Å²) in [6.07, 6.45) is 2.62. The maximum Gasteiger partial charge on any atom is 0.167 e. The van der Waals surface area contributed by atoms with Crippen LogP contribution in [0.3, 0.4) is 0 Å². The molecule has 0 fully saturated rings. The van der Waals surface area contributed by atoms with E-state index in [0.29, 0.717) is 5.69 Å². The highest BCUT2D eigenvalue weighted by molar-refractivity contribution is 5.69. The van der Waals surface area contributed by atoms with Gasteiger partial charge in [-0.3, -0.25) is 0 Å². The molecule has 0 amide bonds. The van der Waals surface area contributed by atoms with Crippen molar-refractivity contribution in [2.45, 2.75) is 39.2 Å². The summed E-state index contributed by atoms with van der Waals surface area (Å²) < 4.78 is 19.2. The van der Waals surface area contributed by atoms with Crippen LogP contribution in [0.25, 0.3) is 0 Å². The molecule has 20 heavy (non-hydrogen) atoms. The third-order valence-electron chi connectivity index (χ3n) is 3.01. The van der Waals surface area contributed by atoms with Crippen LogP contribution in [0.1, 0.15) is 33.1 Å². The van der Waals surface area contributed by atoms with E-state index in [9.17, 15) is 4.39 Å². The lowest BCUT2D eigenvalue weighted by Crippen LogP contribution is -2.20. The van der Waals surface area contributed by atoms with Crippen LogP contribution in [0.5, 0.6) is 5.75 Å². The van der Waals surface area contributed by atoms with Gasteiger partial charge in [-0.05, 0) is 33.1 Å². The number of ether oxygens (including phenoxy) is 1. The molecule has 3 N–H and O–H groups in total. The molecular formula is C15H25FN2O2.